The number of piperidine rings is 1. The molecule has 0 spiro atoms. The quantitative estimate of drug-likeness (QED) is 0.854. The Morgan fingerprint density at radius 3 is 2.73 bits per heavy atom. The summed E-state index contributed by atoms with van der Waals surface area (Å²) in [5.74, 6) is 4.88. The van der Waals surface area contributed by atoms with Gasteiger partial charge in [-0.3, -0.25) is 9.69 Å². The number of anilines is 1. The van der Waals surface area contributed by atoms with Gasteiger partial charge in [-0.15, -0.1) is 0 Å². The lowest BCUT2D eigenvalue weighted by molar-refractivity contribution is -0.116. The lowest BCUT2D eigenvalue weighted by atomic mass is 9.91. The van der Waals surface area contributed by atoms with E-state index in [1.807, 2.05) is 18.2 Å². The maximum Gasteiger partial charge on any atom is 0.224 e. The van der Waals surface area contributed by atoms with Crippen molar-refractivity contribution in [3.05, 3.63) is 18.2 Å². The monoisotopic (exact) mass is 376 g/mol. The Balaban J connectivity index is 1.20. The number of benzene rings is 1. The van der Waals surface area contributed by atoms with Gasteiger partial charge in [-0.05, 0) is 62.6 Å². The average Bonchev–Trinajstić information content (AvgIpc) is 3.21. The van der Waals surface area contributed by atoms with E-state index >= 15 is 0 Å². The van der Waals surface area contributed by atoms with Gasteiger partial charge < -0.3 is 14.8 Å². The van der Waals surface area contributed by atoms with E-state index in [1.54, 1.807) is 0 Å². The zero-order valence-electron chi connectivity index (χ0n) is 15.2. The van der Waals surface area contributed by atoms with E-state index in [1.165, 1.54) is 43.9 Å². The topological polar surface area (TPSA) is 50.8 Å². The van der Waals surface area contributed by atoms with E-state index in [4.69, 9.17) is 9.47 Å². The molecule has 1 amide bonds. The predicted octanol–water partition coefficient (Wildman–Crippen LogP) is 3.39. The molecule has 3 heterocycles. The highest BCUT2D eigenvalue weighted by atomic mass is 32.2. The largest absolute Gasteiger partial charge is 0.486 e. The van der Waals surface area contributed by atoms with Crippen LogP contribution in [-0.2, 0) is 4.79 Å². The van der Waals surface area contributed by atoms with Crippen molar-refractivity contribution in [2.45, 2.75) is 38.1 Å². The summed E-state index contributed by atoms with van der Waals surface area (Å²) in [5, 5.41) is 3.00. The smallest absolute Gasteiger partial charge is 0.224 e. The van der Waals surface area contributed by atoms with Crippen molar-refractivity contribution in [3.63, 3.8) is 0 Å². The molecular formula is C20H28N2O3S. The van der Waals surface area contributed by atoms with E-state index in [0.717, 1.165) is 23.9 Å². The molecule has 6 heteroatoms. The van der Waals surface area contributed by atoms with Crippen LogP contribution in [0.5, 0.6) is 11.5 Å². The SMILES string of the molecule is O=C(CCC1CCN([C@@H]2CCSC2)CC1)Nc1ccc2c(c1)OCCO2. The number of thioether (sulfide) groups is 1. The number of ether oxygens (including phenoxy) is 2. The molecule has 3 aliphatic heterocycles. The Hall–Kier alpha value is -1.40. The first-order chi connectivity index (χ1) is 12.8. The Kier molecular flexibility index (Phi) is 5.90. The molecule has 0 radical (unpaired) electrons. The first-order valence-corrected chi connectivity index (χ1v) is 10.9. The molecule has 0 aromatic heterocycles. The number of likely N-dealkylation sites (tertiary alicyclic amines) is 1. The molecule has 1 N–H and O–H groups in total. The average molecular weight is 377 g/mol. The number of hydrogen-bond donors (Lipinski definition) is 1. The van der Waals surface area contributed by atoms with Gasteiger partial charge in [0.25, 0.3) is 0 Å². The van der Waals surface area contributed by atoms with Gasteiger partial charge in [0.2, 0.25) is 5.91 Å². The summed E-state index contributed by atoms with van der Waals surface area (Å²) in [6, 6.07) is 6.40. The molecule has 5 nitrogen and oxygen atoms in total. The number of rotatable bonds is 5. The van der Waals surface area contributed by atoms with Crippen LogP contribution in [0.1, 0.15) is 32.1 Å². The molecule has 1 aromatic carbocycles. The highest BCUT2D eigenvalue weighted by Crippen LogP contribution is 2.33. The summed E-state index contributed by atoms with van der Waals surface area (Å²) in [7, 11) is 0. The number of carbonyl (C=O) groups excluding carboxylic acids is 1. The van der Waals surface area contributed by atoms with Crippen LogP contribution in [0.2, 0.25) is 0 Å². The van der Waals surface area contributed by atoms with Gasteiger partial charge in [0, 0.05) is 30.0 Å². The third-order valence-corrected chi connectivity index (χ3v) is 6.82. The lowest BCUT2D eigenvalue weighted by Crippen LogP contribution is -2.41. The van der Waals surface area contributed by atoms with Crippen LogP contribution in [0.4, 0.5) is 5.69 Å². The van der Waals surface area contributed by atoms with E-state index in [-0.39, 0.29) is 5.91 Å². The summed E-state index contributed by atoms with van der Waals surface area (Å²) < 4.78 is 11.1. The number of nitrogens with zero attached hydrogens (tertiary/aromatic N) is 1. The van der Waals surface area contributed by atoms with Gasteiger partial charge >= 0.3 is 0 Å². The number of fused-ring (bicyclic) bond motifs is 1. The fourth-order valence-corrected chi connectivity index (χ4v) is 5.35. The number of hydrogen-bond acceptors (Lipinski definition) is 5. The van der Waals surface area contributed by atoms with E-state index in [9.17, 15) is 4.79 Å². The zero-order chi connectivity index (χ0) is 17.8. The molecule has 1 aromatic rings. The Labute approximate surface area is 159 Å². The molecule has 0 bridgehead atoms. The second-order valence-electron chi connectivity index (χ2n) is 7.44. The minimum atomic E-state index is 0.0938. The molecule has 0 aliphatic carbocycles. The van der Waals surface area contributed by atoms with Crippen LogP contribution < -0.4 is 14.8 Å². The van der Waals surface area contributed by atoms with Gasteiger partial charge in [-0.2, -0.15) is 11.8 Å². The molecule has 26 heavy (non-hydrogen) atoms. The number of nitrogens with one attached hydrogen (secondary N) is 1. The zero-order valence-corrected chi connectivity index (χ0v) is 16.1. The van der Waals surface area contributed by atoms with Crippen molar-refractivity contribution in [2.75, 3.05) is 43.1 Å². The molecule has 0 unspecified atom stereocenters. The molecular weight excluding hydrogens is 348 g/mol. The standard InChI is InChI=1S/C20H28N2O3S/c23-20(21-16-2-3-18-19(13-16)25-11-10-24-18)4-1-15-5-8-22(9-6-15)17-7-12-26-14-17/h2-3,13,15,17H,1,4-12,14H2,(H,21,23)/t17-/m1/s1. The van der Waals surface area contributed by atoms with Gasteiger partial charge in [-0.1, -0.05) is 0 Å². The second kappa shape index (κ2) is 8.53. The molecule has 0 saturated carbocycles. The fraction of sp³-hybridized carbons (Fsp3) is 0.650. The van der Waals surface area contributed by atoms with Crippen LogP contribution in [0.3, 0.4) is 0 Å². The lowest BCUT2D eigenvalue weighted by Gasteiger charge is -2.35. The van der Waals surface area contributed by atoms with E-state index < -0.39 is 0 Å². The second-order valence-corrected chi connectivity index (χ2v) is 8.59. The maximum absolute atomic E-state index is 12.3. The minimum absolute atomic E-state index is 0.0938. The fourth-order valence-electron chi connectivity index (χ4n) is 4.10. The van der Waals surface area contributed by atoms with Crippen LogP contribution in [0.25, 0.3) is 0 Å². The van der Waals surface area contributed by atoms with Gasteiger partial charge in [-0.25, -0.2) is 0 Å². The van der Waals surface area contributed by atoms with Crippen LogP contribution in [-0.4, -0.2) is 54.7 Å². The van der Waals surface area contributed by atoms with Crippen LogP contribution >= 0.6 is 11.8 Å². The van der Waals surface area contributed by atoms with Crippen molar-refractivity contribution in [1.29, 1.82) is 0 Å². The van der Waals surface area contributed by atoms with Gasteiger partial charge in [0.1, 0.15) is 13.2 Å². The van der Waals surface area contributed by atoms with E-state index in [0.29, 0.717) is 31.3 Å². The first-order valence-electron chi connectivity index (χ1n) is 9.79. The van der Waals surface area contributed by atoms with E-state index in [2.05, 4.69) is 22.0 Å². The van der Waals surface area contributed by atoms with Crippen molar-refractivity contribution < 1.29 is 14.3 Å². The molecule has 3 aliphatic rings. The Bertz CT molecular complexity index is 625. The molecule has 4 rings (SSSR count). The van der Waals surface area contributed by atoms with Crippen LogP contribution in [0.15, 0.2) is 18.2 Å². The third-order valence-electron chi connectivity index (χ3n) is 5.68. The van der Waals surface area contributed by atoms with Crippen molar-refractivity contribution in [1.82, 2.24) is 4.90 Å². The van der Waals surface area contributed by atoms with Crippen molar-refractivity contribution >= 4 is 23.4 Å². The first kappa shape index (κ1) is 18.0. The highest BCUT2D eigenvalue weighted by Gasteiger charge is 2.27. The van der Waals surface area contributed by atoms with Crippen LogP contribution in [0, 0.1) is 5.92 Å². The van der Waals surface area contributed by atoms with Crippen molar-refractivity contribution in [2.24, 2.45) is 5.92 Å². The third kappa shape index (κ3) is 4.46. The van der Waals surface area contributed by atoms with Crippen molar-refractivity contribution in [3.8, 4) is 11.5 Å². The Morgan fingerprint density at radius 2 is 1.96 bits per heavy atom. The molecule has 2 saturated heterocycles. The molecule has 142 valence electrons. The molecule has 1 atom stereocenters. The summed E-state index contributed by atoms with van der Waals surface area (Å²) in [6.07, 6.45) is 5.41. The maximum atomic E-state index is 12.3. The van der Waals surface area contributed by atoms with Gasteiger partial charge in [0.05, 0.1) is 0 Å². The van der Waals surface area contributed by atoms with Gasteiger partial charge in [0.15, 0.2) is 11.5 Å². The summed E-state index contributed by atoms with van der Waals surface area (Å²) in [5.41, 5.74) is 0.785. The summed E-state index contributed by atoms with van der Waals surface area (Å²) in [6.45, 7) is 3.55. The number of amides is 1. The predicted molar refractivity (Wildman–Crippen MR) is 105 cm³/mol. The summed E-state index contributed by atoms with van der Waals surface area (Å²) >= 11 is 2.09. The normalized spacial score (nSPS) is 23.8. The minimum Gasteiger partial charge on any atom is -0.486 e. The number of carbonyl (C=O) groups is 1. The highest BCUT2D eigenvalue weighted by molar-refractivity contribution is 7.99. The summed E-state index contributed by atoms with van der Waals surface area (Å²) in [4.78, 5) is 15.0. The molecule has 2 fully saturated rings. The Morgan fingerprint density at radius 1 is 1.15 bits per heavy atom.